The highest BCUT2D eigenvalue weighted by molar-refractivity contribution is 5.84. The molecule has 0 amide bonds. The van der Waals surface area contributed by atoms with Gasteiger partial charge in [0.15, 0.2) is 0 Å². The van der Waals surface area contributed by atoms with Gasteiger partial charge < -0.3 is 16.8 Å². The van der Waals surface area contributed by atoms with Crippen molar-refractivity contribution >= 4 is 16.6 Å². The molecule has 87 heavy (non-hydrogen) atoms. The van der Waals surface area contributed by atoms with E-state index in [2.05, 4.69) is 217 Å². The smallest absolute Gasteiger partial charge is 0.123 e. The molecule has 1 aliphatic heterocycles. The highest BCUT2D eigenvalue weighted by Gasteiger charge is 2.14. The summed E-state index contributed by atoms with van der Waals surface area (Å²) in [7, 11) is 0. The summed E-state index contributed by atoms with van der Waals surface area (Å²) in [6, 6.07) is 25.9. The summed E-state index contributed by atoms with van der Waals surface area (Å²) < 4.78 is 0. The van der Waals surface area contributed by atoms with Crippen molar-refractivity contribution in [2.75, 3.05) is 5.73 Å². The Kier molecular flexibility index (Phi) is 60.2. The lowest BCUT2D eigenvalue weighted by Crippen LogP contribution is -2.02. The maximum Gasteiger partial charge on any atom is 0.123 e. The number of hydrogen-bond donors (Lipinski definition) is 3. The molecule has 0 aliphatic carbocycles. The molecular formula is C80H139N7. The highest BCUT2D eigenvalue weighted by Crippen LogP contribution is 2.27. The number of aryl methyl sites for hydroxylation is 6. The monoisotopic (exact) mass is 1200 g/mol. The second kappa shape index (κ2) is 56.7. The molecule has 0 spiro atoms. The van der Waals surface area contributed by atoms with Gasteiger partial charge in [-0.05, 0) is 192 Å². The number of nitrogens with two attached hydrogens (primary N) is 2. The van der Waals surface area contributed by atoms with Gasteiger partial charge in [0.1, 0.15) is 5.82 Å². The number of hydrogen-bond acceptors (Lipinski definition) is 7. The van der Waals surface area contributed by atoms with Crippen LogP contribution in [0.15, 0.2) is 104 Å². The Balaban J connectivity index is -0.000000216. The first-order valence-electron chi connectivity index (χ1n) is 34.0. The van der Waals surface area contributed by atoms with E-state index in [-0.39, 0.29) is 0 Å². The number of nitrogen functional groups attached to an aromatic ring is 1. The molecule has 0 bridgehead atoms. The number of benzene rings is 3. The molecule has 4 aromatic heterocycles. The molecule has 7 nitrogen and oxygen atoms in total. The summed E-state index contributed by atoms with van der Waals surface area (Å²) in [5, 5.41) is 5.69. The normalized spacial score (nSPS) is 9.95. The predicted molar refractivity (Wildman–Crippen MR) is 399 cm³/mol. The van der Waals surface area contributed by atoms with E-state index in [4.69, 9.17) is 11.5 Å². The lowest BCUT2D eigenvalue weighted by molar-refractivity contribution is 0.764. The van der Waals surface area contributed by atoms with Crippen molar-refractivity contribution < 1.29 is 0 Å². The fraction of sp³-hybridized carbons (Fsp3) is 0.550. The van der Waals surface area contributed by atoms with Crippen molar-refractivity contribution in [3.05, 3.63) is 193 Å². The quantitative estimate of drug-likeness (QED) is 0.146. The number of nitrogens with zero attached hydrogens (tertiary/aromatic N) is 4. The summed E-state index contributed by atoms with van der Waals surface area (Å²) in [5.41, 5.74) is 32.6. The Hall–Kier alpha value is -5.76. The zero-order valence-corrected chi connectivity index (χ0v) is 63.3. The predicted octanol–water partition coefficient (Wildman–Crippen LogP) is 24.6. The number of rotatable bonds is 7. The summed E-state index contributed by atoms with van der Waals surface area (Å²) >= 11 is 0. The Labute approximate surface area is 541 Å². The van der Waals surface area contributed by atoms with E-state index in [0.717, 1.165) is 35.2 Å². The third-order valence-corrected chi connectivity index (χ3v) is 13.1. The lowest BCUT2D eigenvalue weighted by atomic mass is 9.94. The average Bonchev–Trinajstić information content (AvgIpc) is 4.20. The van der Waals surface area contributed by atoms with Gasteiger partial charge in [0.25, 0.3) is 0 Å². The SMILES string of the molecule is CC.CC.CC.CC.CC.CC.CC.CC.CC(C)c1ccc2cc(N)ncc2c1.Cc1cc(C)c(C(C)C)cn1.Cc1cc(CN)ncc1C(C)C.Cc1cc2c(cc1C(C)C)CNC2.Cc1cccc(C(C)C)c1C.Cc1cncc(C(C)C)c1. The van der Waals surface area contributed by atoms with Crippen LogP contribution < -0.4 is 16.8 Å². The lowest BCUT2D eigenvalue weighted by Gasteiger charge is -2.11. The number of aromatic nitrogens is 4. The zero-order chi connectivity index (χ0) is 69.1. The average molecular weight is 1200 g/mol. The van der Waals surface area contributed by atoms with Crippen LogP contribution in [-0.2, 0) is 19.6 Å². The maximum atomic E-state index is 5.61. The largest absolute Gasteiger partial charge is 0.384 e. The van der Waals surface area contributed by atoms with Crippen LogP contribution in [0.2, 0.25) is 0 Å². The first-order chi connectivity index (χ1) is 41.4. The zero-order valence-electron chi connectivity index (χ0n) is 63.3. The summed E-state index contributed by atoms with van der Waals surface area (Å²) in [6.07, 6.45) is 9.55. The molecule has 5 heterocycles. The Bertz CT molecular complexity index is 2730. The van der Waals surface area contributed by atoms with Gasteiger partial charge >= 0.3 is 0 Å². The van der Waals surface area contributed by atoms with Gasteiger partial charge in [-0.25, -0.2) is 4.98 Å². The topological polar surface area (TPSA) is 116 Å². The van der Waals surface area contributed by atoms with Crippen LogP contribution in [0.4, 0.5) is 5.82 Å². The van der Waals surface area contributed by atoms with Gasteiger partial charge in [-0.2, -0.15) is 0 Å². The van der Waals surface area contributed by atoms with E-state index < -0.39 is 0 Å². The van der Waals surface area contributed by atoms with Gasteiger partial charge in [-0.15, -0.1) is 0 Å². The molecule has 0 radical (unpaired) electrons. The van der Waals surface area contributed by atoms with Crippen LogP contribution >= 0.6 is 0 Å². The van der Waals surface area contributed by atoms with E-state index in [0.29, 0.717) is 47.9 Å². The standard InChI is InChI=1S/C12H14N2.C12H17N.C11H16.C10H16N2.C10H15N.C9H13N.8C2H6/c1-8(2)9-3-4-10-6-12(13)14-7-11(10)5-9;1-8(2)12-5-11-7-13-6-10(11)4-9(12)3;1-8(2)11-7-5-6-9(3)10(11)4;1-7(2)10-6-12-9(5-11)4-8(10)3;1-7(2)10-6-11-9(4)5-8(10)3;1-7(2)9-4-8(3)5-10-6-9;8*1-2/h3-8H,1-2H3,(H2,13,14);4-5,8,13H,6-7H2,1-3H3;5-8H,1-4H3;4,6-7H,5,11H2,1-3H3;5-7H,1-4H3;4-7H,1-3H3;8*1-2H3. The number of pyridine rings is 4. The van der Waals surface area contributed by atoms with Gasteiger partial charge in [-0.3, -0.25) is 15.0 Å². The molecule has 0 atom stereocenters. The fourth-order valence-corrected chi connectivity index (χ4v) is 8.60. The third-order valence-electron chi connectivity index (χ3n) is 13.1. The maximum absolute atomic E-state index is 5.61. The molecule has 0 saturated carbocycles. The van der Waals surface area contributed by atoms with E-state index in [1.807, 2.05) is 155 Å². The molecule has 0 unspecified atom stereocenters. The highest BCUT2D eigenvalue weighted by atomic mass is 14.9. The molecule has 494 valence electrons. The number of anilines is 1. The summed E-state index contributed by atoms with van der Waals surface area (Å²) in [5.74, 6) is 4.15. The molecule has 0 saturated heterocycles. The first-order valence-corrected chi connectivity index (χ1v) is 34.0. The van der Waals surface area contributed by atoms with Crippen LogP contribution in [0.1, 0.15) is 319 Å². The second-order valence-corrected chi connectivity index (χ2v) is 21.2. The van der Waals surface area contributed by atoms with E-state index >= 15 is 0 Å². The van der Waals surface area contributed by atoms with Crippen LogP contribution in [0, 0.1) is 48.5 Å². The van der Waals surface area contributed by atoms with Gasteiger partial charge in [0.2, 0.25) is 0 Å². The molecule has 8 rings (SSSR count). The van der Waals surface area contributed by atoms with Crippen LogP contribution in [0.25, 0.3) is 10.8 Å². The van der Waals surface area contributed by atoms with Crippen LogP contribution in [-0.4, -0.2) is 19.9 Å². The van der Waals surface area contributed by atoms with Crippen molar-refractivity contribution in [2.24, 2.45) is 5.73 Å². The van der Waals surface area contributed by atoms with Crippen LogP contribution in [0.3, 0.4) is 0 Å². The van der Waals surface area contributed by atoms with Crippen molar-refractivity contribution in [3.63, 3.8) is 0 Å². The van der Waals surface area contributed by atoms with E-state index in [9.17, 15) is 0 Å². The Morgan fingerprint density at radius 3 is 1.26 bits per heavy atom. The third kappa shape index (κ3) is 37.6. The molecule has 3 aromatic carbocycles. The molecule has 7 heteroatoms. The minimum Gasteiger partial charge on any atom is -0.384 e. The molecule has 1 aliphatic rings. The molecule has 0 fully saturated rings. The minimum absolute atomic E-state index is 0.527. The number of fused-ring (bicyclic) bond motifs is 2. The van der Waals surface area contributed by atoms with Crippen molar-refractivity contribution in [1.82, 2.24) is 25.3 Å². The van der Waals surface area contributed by atoms with Gasteiger partial charge in [-0.1, -0.05) is 242 Å². The Morgan fingerprint density at radius 2 is 0.851 bits per heavy atom. The molecule has 5 N–H and O–H groups in total. The van der Waals surface area contributed by atoms with Crippen molar-refractivity contribution in [2.45, 2.75) is 297 Å². The van der Waals surface area contributed by atoms with Crippen molar-refractivity contribution in [3.8, 4) is 0 Å². The molecular weight excluding hydrogens is 1060 g/mol. The Morgan fingerprint density at radius 1 is 0.391 bits per heavy atom. The van der Waals surface area contributed by atoms with E-state index in [1.54, 1.807) is 0 Å². The fourth-order valence-electron chi connectivity index (χ4n) is 8.60. The van der Waals surface area contributed by atoms with Gasteiger partial charge in [0, 0.05) is 61.7 Å². The summed E-state index contributed by atoms with van der Waals surface area (Å²) in [6.45, 7) is 76.0. The minimum atomic E-state index is 0.527. The molecule has 7 aromatic rings. The van der Waals surface area contributed by atoms with E-state index in [1.165, 1.54) is 77.9 Å². The van der Waals surface area contributed by atoms with Gasteiger partial charge in [0.05, 0.1) is 5.69 Å². The van der Waals surface area contributed by atoms with Crippen molar-refractivity contribution in [1.29, 1.82) is 0 Å². The van der Waals surface area contributed by atoms with Crippen LogP contribution in [0.5, 0.6) is 0 Å². The number of nitrogens with one attached hydrogen (secondary N) is 1. The summed E-state index contributed by atoms with van der Waals surface area (Å²) in [4.78, 5) is 16.7. The second-order valence-electron chi connectivity index (χ2n) is 21.2. The first kappa shape index (κ1) is 92.4.